The van der Waals surface area contributed by atoms with Crippen LogP contribution in [0, 0.1) is 0 Å². The van der Waals surface area contributed by atoms with Gasteiger partial charge in [0.15, 0.2) is 17.5 Å². The van der Waals surface area contributed by atoms with Gasteiger partial charge < -0.3 is 0 Å². The maximum Gasteiger partial charge on any atom is 0.164 e. The second-order valence-corrected chi connectivity index (χ2v) is 12.6. The first-order valence-electron chi connectivity index (χ1n) is 17.0. The summed E-state index contributed by atoms with van der Waals surface area (Å²) in [6.07, 6.45) is 0. The largest absolute Gasteiger partial charge is 0.208 e. The van der Waals surface area contributed by atoms with Crippen molar-refractivity contribution in [2.75, 3.05) is 0 Å². The van der Waals surface area contributed by atoms with Gasteiger partial charge in [-0.05, 0) is 51.9 Å². The summed E-state index contributed by atoms with van der Waals surface area (Å²) in [7, 11) is 0. The fraction of sp³-hybridized carbons (Fsp3) is 0.0426. The predicted octanol–water partition coefficient (Wildman–Crippen LogP) is 11.6. The lowest BCUT2D eigenvalue weighted by Crippen LogP contribution is -2.26. The van der Waals surface area contributed by atoms with Gasteiger partial charge in [0, 0.05) is 22.1 Å². The van der Waals surface area contributed by atoms with Crippen LogP contribution >= 0.6 is 0 Å². The zero-order chi connectivity index (χ0) is 33.8. The second kappa shape index (κ2) is 13.6. The van der Waals surface area contributed by atoms with Gasteiger partial charge >= 0.3 is 0 Å². The van der Waals surface area contributed by atoms with E-state index in [0.29, 0.717) is 17.5 Å². The summed E-state index contributed by atoms with van der Waals surface area (Å²) in [5, 5.41) is 0. The van der Waals surface area contributed by atoms with Crippen LogP contribution in [0.25, 0.3) is 56.4 Å². The maximum absolute atomic E-state index is 4.95. The highest BCUT2D eigenvalue weighted by molar-refractivity contribution is 5.77. The van der Waals surface area contributed by atoms with Crippen molar-refractivity contribution in [3.63, 3.8) is 0 Å². The molecule has 0 aliphatic rings. The van der Waals surface area contributed by atoms with Gasteiger partial charge in [0.2, 0.25) is 0 Å². The van der Waals surface area contributed by atoms with Gasteiger partial charge in [0.1, 0.15) is 0 Å². The summed E-state index contributed by atoms with van der Waals surface area (Å²) in [4.78, 5) is 14.8. The van der Waals surface area contributed by atoms with Crippen molar-refractivity contribution in [1.29, 1.82) is 0 Å². The first-order valence-corrected chi connectivity index (χ1v) is 17.0. The van der Waals surface area contributed by atoms with E-state index in [1.165, 1.54) is 27.8 Å². The smallest absolute Gasteiger partial charge is 0.164 e. The lowest BCUT2D eigenvalue weighted by atomic mass is 9.69. The molecule has 238 valence electrons. The summed E-state index contributed by atoms with van der Waals surface area (Å²) in [6.45, 7) is 2.34. The highest BCUT2D eigenvalue weighted by Crippen LogP contribution is 2.43. The van der Waals surface area contributed by atoms with Gasteiger partial charge in [0.25, 0.3) is 0 Å². The standard InChI is InChI=1S/C47H35N3/c1-47(40-23-10-4-11-24-40,41-25-12-5-13-26-41)43-28-15-14-27-42(43)35-31-29-34(30-32-35)38-21-16-22-39(33-38)46-49-44(36-17-6-2-7-18-36)48-45(50-46)37-19-8-3-9-20-37/h2-33H,1H3. The fourth-order valence-corrected chi connectivity index (χ4v) is 6.81. The van der Waals surface area contributed by atoms with Crippen LogP contribution in [0.15, 0.2) is 194 Å². The Kier molecular flexibility index (Phi) is 8.38. The monoisotopic (exact) mass is 641 g/mol. The van der Waals surface area contributed by atoms with Gasteiger partial charge in [-0.2, -0.15) is 0 Å². The molecule has 1 aromatic heterocycles. The van der Waals surface area contributed by atoms with E-state index in [-0.39, 0.29) is 5.41 Å². The molecule has 8 rings (SSSR count). The van der Waals surface area contributed by atoms with Crippen molar-refractivity contribution >= 4 is 0 Å². The quantitative estimate of drug-likeness (QED) is 0.155. The molecule has 0 aliphatic heterocycles. The Balaban J connectivity index is 1.17. The summed E-state index contributed by atoms with van der Waals surface area (Å²) in [6, 6.07) is 67.9. The van der Waals surface area contributed by atoms with E-state index in [1.54, 1.807) is 0 Å². The summed E-state index contributed by atoms with van der Waals surface area (Å²) < 4.78 is 0. The average molecular weight is 642 g/mol. The van der Waals surface area contributed by atoms with Crippen LogP contribution in [0.3, 0.4) is 0 Å². The molecular formula is C47H35N3. The molecule has 0 aliphatic carbocycles. The van der Waals surface area contributed by atoms with Gasteiger partial charge in [-0.1, -0.05) is 188 Å². The third kappa shape index (κ3) is 6.02. The molecule has 3 heteroatoms. The number of rotatable bonds is 8. The van der Waals surface area contributed by atoms with Crippen molar-refractivity contribution in [2.45, 2.75) is 12.3 Å². The van der Waals surface area contributed by atoms with Crippen LogP contribution in [-0.2, 0) is 5.41 Å². The van der Waals surface area contributed by atoms with E-state index in [2.05, 4.69) is 140 Å². The second-order valence-electron chi connectivity index (χ2n) is 12.6. The van der Waals surface area contributed by atoms with Gasteiger partial charge in [-0.15, -0.1) is 0 Å². The third-order valence-electron chi connectivity index (χ3n) is 9.52. The Morgan fingerprint density at radius 3 is 1.26 bits per heavy atom. The Labute approximate surface area is 293 Å². The lowest BCUT2D eigenvalue weighted by Gasteiger charge is -2.34. The van der Waals surface area contributed by atoms with E-state index >= 15 is 0 Å². The molecule has 0 spiro atoms. The van der Waals surface area contributed by atoms with Crippen LogP contribution < -0.4 is 0 Å². The molecule has 0 saturated carbocycles. The molecule has 0 bridgehead atoms. The van der Waals surface area contributed by atoms with Crippen molar-refractivity contribution in [3.05, 3.63) is 211 Å². The number of benzene rings is 7. The summed E-state index contributed by atoms with van der Waals surface area (Å²) >= 11 is 0. The molecule has 0 N–H and O–H groups in total. The highest BCUT2D eigenvalue weighted by Gasteiger charge is 2.33. The van der Waals surface area contributed by atoms with Gasteiger partial charge in [-0.25, -0.2) is 15.0 Å². The topological polar surface area (TPSA) is 38.7 Å². The SMILES string of the molecule is CC(c1ccccc1)(c1ccccc1)c1ccccc1-c1ccc(-c2cccc(-c3nc(-c4ccccc4)nc(-c4ccccc4)n3)c2)cc1. The van der Waals surface area contributed by atoms with Crippen LogP contribution in [0.1, 0.15) is 23.6 Å². The Bertz CT molecular complexity index is 2260. The minimum Gasteiger partial charge on any atom is -0.208 e. The number of aromatic nitrogens is 3. The average Bonchev–Trinajstić information content (AvgIpc) is 3.22. The van der Waals surface area contributed by atoms with Gasteiger partial charge in [-0.3, -0.25) is 0 Å². The Morgan fingerprint density at radius 1 is 0.320 bits per heavy atom. The molecule has 0 fully saturated rings. The number of nitrogens with zero attached hydrogens (tertiary/aromatic N) is 3. The first kappa shape index (κ1) is 30.9. The molecule has 0 saturated heterocycles. The van der Waals surface area contributed by atoms with E-state index in [0.717, 1.165) is 27.8 Å². The predicted molar refractivity (Wildman–Crippen MR) is 205 cm³/mol. The summed E-state index contributed by atoms with van der Waals surface area (Å²) in [5.41, 5.74) is 10.9. The van der Waals surface area contributed by atoms with Crippen molar-refractivity contribution in [1.82, 2.24) is 15.0 Å². The van der Waals surface area contributed by atoms with E-state index in [4.69, 9.17) is 15.0 Å². The molecule has 50 heavy (non-hydrogen) atoms. The lowest BCUT2D eigenvalue weighted by molar-refractivity contribution is 0.694. The number of hydrogen-bond acceptors (Lipinski definition) is 3. The van der Waals surface area contributed by atoms with Crippen LogP contribution in [-0.4, -0.2) is 15.0 Å². The fourth-order valence-electron chi connectivity index (χ4n) is 6.81. The molecular weight excluding hydrogens is 607 g/mol. The van der Waals surface area contributed by atoms with Crippen molar-refractivity contribution in [3.8, 4) is 56.4 Å². The molecule has 0 unspecified atom stereocenters. The van der Waals surface area contributed by atoms with Crippen LogP contribution in [0.2, 0.25) is 0 Å². The zero-order valence-corrected chi connectivity index (χ0v) is 27.8. The molecule has 3 nitrogen and oxygen atoms in total. The molecule has 0 radical (unpaired) electrons. The van der Waals surface area contributed by atoms with Crippen LogP contribution in [0.4, 0.5) is 0 Å². The molecule has 7 aromatic carbocycles. The normalized spacial score (nSPS) is 11.3. The molecule has 8 aromatic rings. The summed E-state index contributed by atoms with van der Waals surface area (Å²) in [5.74, 6) is 1.95. The highest BCUT2D eigenvalue weighted by atomic mass is 15.0. The Morgan fingerprint density at radius 2 is 0.720 bits per heavy atom. The van der Waals surface area contributed by atoms with E-state index in [9.17, 15) is 0 Å². The molecule has 0 amide bonds. The maximum atomic E-state index is 4.95. The van der Waals surface area contributed by atoms with Gasteiger partial charge in [0.05, 0.1) is 0 Å². The van der Waals surface area contributed by atoms with Crippen molar-refractivity contribution in [2.24, 2.45) is 0 Å². The van der Waals surface area contributed by atoms with E-state index < -0.39 is 0 Å². The van der Waals surface area contributed by atoms with Crippen LogP contribution in [0.5, 0.6) is 0 Å². The molecule has 0 atom stereocenters. The third-order valence-corrected chi connectivity index (χ3v) is 9.52. The minimum atomic E-state index is -0.339. The number of hydrogen-bond donors (Lipinski definition) is 0. The molecule has 1 heterocycles. The first-order chi connectivity index (χ1) is 24.7. The Hall–Kier alpha value is -6.45. The van der Waals surface area contributed by atoms with E-state index in [1.807, 2.05) is 60.7 Å². The zero-order valence-electron chi connectivity index (χ0n) is 27.8. The van der Waals surface area contributed by atoms with Crippen molar-refractivity contribution < 1.29 is 0 Å². The minimum absolute atomic E-state index is 0.339.